The van der Waals surface area contributed by atoms with Crippen LogP contribution < -0.4 is 0 Å². The van der Waals surface area contributed by atoms with Crippen LogP contribution in [0.25, 0.3) is 0 Å². The van der Waals surface area contributed by atoms with Crippen molar-refractivity contribution in [3.05, 3.63) is 0 Å². The molecule has 0 atom stereocenters. The zero-order valence-corrected chi connectivity index (χ0v) is 7.14. The lowest BCUT2D eigenvalue weighted by Gasteiger charge is -1.79. The van der Waals surface area contributed by atoms with E-state index in [1.165, 1.54) is 0 Å². The van der Waals surface area contributed by atoms with Gasteiger partial charge in [-0.15, -0.1) is 0 Å². The van der Waals surface area contributed by atoms with Gasteiger partial charge in [0.05, 0.1) is 0 Å². The van der Waals surface area contributed by atoms with E-state index in [1.807, 2.05) is 13.8 Å². The fraction of sp³-hybridized carbons (Fsp3) is 0.875. The summed E-state index contributed by atoms with van der Waals surface area (Å²) in [5.41, 5.74) is 0. The largest absolute Gasteiger partial charge is 0.303 e. The zero-order chi connectivity index (χ0) is 7.86. The maximum Gasteiger partial charge on any atom is 0.122 e. The molecule has 0 saturated heterocycles. The number of aldehydes is 1. The molecule has 0 aliphatic heterocycles. The monoisotopic (exact) mass is 130 g/mol. The van der Waals surface area contributed by atoms with Gasteiger partial charge in [-0.05, 0) is 5.92 Å². The molecule has 0 amide bonds. The molecule has 0 fully saturated rings. The number of rotatable bonds is 1. The molecule has 0 N–H and O–H groups in total. The van der Waals surface area contributed by atoms with Gasteiger partial charge in [0.25, 0.3) is 0 Å². The van der Waals surface area contributed by atoms with Crippen molar-refractivity contribution in [2.24, 2.45) is 11.8 Å². The predicted octanol–water partition coefficient (Wildman–Crippen LogP) is 2.50. The van der Waals surface area contributed by atoms with E-state index in [0.29, 0.717) is 0 Å². The smallest absolute Gasteiger partial charge is 0.122 e. The lowest BCUT2D eigenvalue weighted by molar-refractivity contribution is -0.110. The highest BCUT2D eigenvalue weighted by Gasteiger charge is 1.79. The van der Waals surface area contributed by atoms with Crippen molar-refractivity contribution in [1.29, 1.82) is 0 Å². The first-order valence-corrected chi connectivity index (χ1v) is 3.46. The van der Waals surface area contributed by atoms with Crippen molar-refractivity contribution >= 4 is 6.29 Å². The molecule has 9 heavy (non-hydrogen) atoms. The van der Waals surface area contributed by atoms with Crippen LogP contribution in [0, 0.1) is 11.8 Å². The molecule has 1 heteroatoms. The van der Waals surface area contributed by atoms with Crippen LogP contribution in [-0.2, 0) is 4.79 Å². The Balaban J connectivity index is 0. The Morgan fingerprint density at radius 3 is 1.11 bits per heavy atom. The second kappa shape index (κ2) is 7.67. The molecule has 0 saturated carbocycles. The van der Waals surface area contributed by atoms with Gasteiger partial charge in [0.1, 0.15) is 6.29 Å². The summed E-state index contributed by atoms with van der Waals surface area (Å²) < 4.78 is 0. The third-order valence-electron chi connectivity index (χ3n) is 0.272. The van der Waals surface area contributed by atoms with Gasteiger partial charge in [-0.2, -0.15) is 0 Å². The molecule has 0 radical (unpaired) electrons. The van der Waals surface area contributed by atoms with E-state index in [4.69, 9.17) is 0 Å². The lowest BCUT2D eigenvalue weighted by Crippen LogP contribution is -1.82. The van der Waals surface area contributed by atoms with Gasteiger partial charge in [-0.3, -0.25) is 0 Å². The van der Waals surface area contributed by atoms with Crippen LogP contribution in [0.15, 0.2) is 0 Å². The summed E-state index contributed by atoms with van der Waals surface area (Å²) in [4.78, 5) is 9.50. The SMILES string of the molecule is CC(C)C.CC(C)C=O. The van der Waals surface area contributed by atoms with Crippen molar-refractivity contribution in [2.75, 3.05) is 0 Å². The molecule has 0 unspecified atom stereocenters. The fourth-order valence-electron chi connectivity index (χ4n) is 0. The van der Waals surface area contributed by atoms with E-state index in [-0.39, 0.29) is 5.92 Å². The minimum absolute atomic E-state index is 0.204. The molecule has 0 aromatic carbocycles. The van der Waals surface area contributed by atoms with Crippen LogP contribution in [0.1, 0.15) is 34.6 Å². The molecular formula is C8H18O. The van der Waals surface area contributed by atoms with Crippen molar-refractivity contribution in [1.82, 2.24) is 0 Å². The Morgan fingerprint density at radius 1 is 1.00 bits per heavy atom. The lowest BCUT2D eigenvalue weighted by atomic mass is 10.3. The van der Waals surface area contributed by atoms with Gasteiger partial charge < -0.3 is 4.79 Å². The van der Waals surface area contributed by atoms with E-state index < -0.39 is 0 Å². The molecule has 0 heterocycles. The highest BCUT2D eigenvalue weighted by molar-refractivity contribution is 5.51. The van der Waals surface area contributed by atoms with E-state index >= 15 is 0 Å². The second-order valence-electron chi connectivity index (χ2n) is 3.11. The van der Waals surface area contributed by atoms with Crippen molar-refractivity contribution in [3.8, 4) is 0 Å². The molecule has 0 aliphatic rings. The molecule has 0 aromatic heterocycles. The van der Waals surface area contributed by atoms with Crippen LogP contribution in [0.4, 0.5) is 0 Å². The van der Waals surface area contributed by atoms with Crippen LogP contribution in [0.5, 0.6) is 0 Å². The first-order valence-electron chi connectivity index (χ1n) is 3.46. The topological polar surface area (TPSA) is 17.1 Å². The summed E-state index contributed by atoms with van der Waals surface area (Å²) in [6.45, 7) is 10.2. The number of hydrogen-bond donors (Lipinski definition) is 0. The number of carbonyl (C=O) groups is 1. The predicted molar refractivity (Wildman–Crippen MR) is 41.4 cm³/mol. The van der Waals surface area contributed by atoms with Crippen molar-refractivity contribution < 1.29 is 4.79 Å². The fourth-order valence-corrected chi connectivity index (χ4v) is 0. The summed E-state index contributed by atoms with van der Waals surface area (Å²) in [7, 11) is 0. The maximum atomic E-state index is 9.50. The summed E-state index contributed by atoms with van der Waals surface area (Å²) in [6.07, 6.45) is 0.917. The summed E-state index contributed by atoms with van der Waals surface area (Å²) in [6, 6.07) is 0. The second-order valence-corrected chi connectivity index (χ2v) is 3.11. The standard InChI is InChI=1S/C4H8O.C4H10/c1-4(2)3-5;1-4(2)3/h3-4H,1-2H3;4H,1-3H3. The van der Waals surface area contributed by atoms with Crippen LogP contribution >= 0.6 is 0 Å². The summed E-state index contributed by atoms with van der Waals surface area (Å²) >= 11 is 0. The summed E-state index contributed by atoms with van der Waals surface area (Å²) in [5.74, 6) is 1.04. The van der Waals surface area contributed by atoms with Gasteiger partial charge in [0.2, 0.25) is 0 Å². The molecule has 0 spiro atoms. The third kappa shape index (κ3) is 88.4. The maximum absolute atomic E-state index is 9.50. The van der Waals surface area contributed by atoms with E-state index in [1.54, 1.807) is 0 Å². The van der Waals surface area contributed by atoms with Gasteiger partial charge in [-0.25, -0.2) is 0 Å². The van der Waals surface area contributed by atoms with Gasteiger partial charge in [-0.1, -0.05) is 34.6 Å². The summed E-state index contributed by atoms with van der Waals surface area (Å²) in [5, 5.41) is 0. The average Bonchev–Trinajstić information content (AvgIpc) is 1.65. The Bertz CT molecular complexity index is 52.8. The Kier molecular flexibility index (Phi) is 9.77. The molecule has 0 aliphatic carbocycles. The number of carbonyl (C=O) groups excluding carboxylic acids is 1. The molecular weight excluding hydrogens is 112 g/mol. The molecule has 0 rings (SSSR count). The Hall–Kier alpha value is -0.330. The number of hydrogen-bond acceptors (Lipinski definition) is 1. The van der Waals surface area contributed by atoms with Crippen LogP contribution in [0.2, 0.25) is 0 Å². The van der Waals surface area contributed by atoms with Gasteiger partial charge in [0, 0.05) is 5.92 Å². The quantitative estimate of drug-likeness (QED) is 0.498. The van der Waals surface area contributed by atoms with Crippen LogP contribution in [-0.4, -0.2) is 6.29 Å². The van der Waals surface area contributed by atoms with Gasteiger partial charge in [0.15, 0.2) is 0 Å². The molecule has 56 valence electrons. The molecule has 0 bridgehead atoms. The minimum atomic E-state index is 0.204. The van der Waals surface area contributed by atoms with Gasteiger partial charge >= 0.3 is 0 Å². The van der Waals surface area contributed by atoms with Crippen LogP contribution in [0.3, 0.4) is 0 Å². The Morgan fingerprint density at radius 2 is 1.11 bits per heavy atom. The highest BCUT2D eigenvalue weighted by Crippen LogP contribution is 1.81. The third-order valence-corrected chi connectivity index (χ3v) is 0.272. The van der Waals surface area contributed by atoms with E-state index in [2.05, 4.69) is 20.8 Å². The highest BCUT2D eigenvalue weighted by atomic mass is 16.1. The van der Waals surface area contributed by atoms with Crippen molar-refractivity contribution in [2.45, 2.75) is 34.6 Å². The van der Waals surface area contributed by atoms with E-state index in [9.17, 15) is 4.79 Å². The molecule has 1 nitrogen and oxygen atoms in total. The zero-order valence-electron chi connectivity index (χ0n) is 7.14. The van der Waals surface area contributed by atoms with E-state index in [0.717, 1.165) is 12.2 Å². The minimum Gasteiger partial charge on any atom is -0.303 e. The Labute approximate surface area is 58.5 Å². The normalized spacial score (nSPS) is 8.78. The first-order chi connectivity index (χ1) is 4.00. The average molecular weight is 130 g/mol. The van der Waals surface area contributed by atoms with Crippen molar-refractivity contribution in [3.63, 3.8) is 0 Å². The molecule has 0 aromatic rings. The first kappa shape index (κ1) is 11.5.